The second-order valence-electron chi connectivity index (χ2n) is 4.96. The summed E-state index contributed by atoms with van der Waals surface area (Å²) < 4.78 is 5.64. The molecule has 1 amide bonds. The van der Waals surface area contributed by atoms with Crippen molar-refractivity contribution in [3.05, 3.63) is 0 Å². The van der Waals surface area contributed by atoms with Crippen molar-refractivity contribution < 1.29 is 9.53 Å². The minimum absolute atomic E-state index is 0.0230. The van der Waals surface area contributed by atoms with Crippen molar-refractivity contribution in [2.75, 3.05) is 0 Å². The molecule has 0 aromatic rings. The van der Waals surface area contributed by atoms with Crippen molar-refractivity contribution >= 4 is 23.2 Å². The highest BCUT2D eigenvalue weighted by molar-refractivity contribution is 7.80. The first-order chi connectivity index (χ1) is 8.06. The molecule has 0 aliphatic carbocycles. The number of hydrogen-bond acceptors (Lipinski definition) is 3. The van der Waals surface area contributed by atoms with Gasteiger partial charge in [0.1, 0.15) is 0 Å². The van der Waals surface area contributed by atoms with Crippen LogP contribution in [0.1, 0.15) is 33.1 Å². The largest absolute Gasteiger partial charge is 0.374 e. The number of ether oxygens (including phenoxy) is 1. The van der Waals surface area contributed by atoms with Crippen LogP contribution >= 0.6 is 12.2 Å². The molecular weight excluding hydrogens is 238 g/mol. The lowest BCUT2D eigenvalue weighted by atomic mass is 9.89. The molecule has 3 N–H and O–H groups in total. The molecule has 0 aromatic carbocycles. The summed E-state index contributed by atoms with van der Waals surface area (Å²) in [4.78, 5) is 11.9. The summed E-state index contributed by atoms with van der Waals surface area (Å²) in [5, 5.41) is 3.44. The fourth-order valence-electron chi connectivity index (χ4n) is 2.42. The molecule has 2 aliphatic heterocycles. The second kappa shape index (κ2) is 5.18. The third-order valence-corrected chi connectivity index (χ3v) is 3.38. The minimum atomic E-state index is -0.0249. The van der Waals surface area contributed by atoms with Crippen molar-refractivity contribution in [2.45, 2.75) is 51.4 Å². The lowest BCUT2D eigenvalue weighted by molar-refractivity contribution is -0.127. The molecule has 0 aromatic heterocycles. The van der Waals surface area contributed by atoms with Crippen molar-refractivity contribution in [1.82, 2.24) is 16.2 Å². The van der Waals surface area contributed by atoms with E-state index in [0.29, 0.717) is 5.11 Å². The molecule has 6 heteroatoms. The van der Waals surface area contributed by atoms with Gasteiger partial charge in [-0.25, -0.2) is 0 Å². The van der Waals surface area contributed by atoms with Gasteiger partial charge in [0.25, 0.3) is 0 Å². The number of hydrogen-bond donors (Lipinski definition) is 3. The fraction of sp³-hybridized carbons (Fsp3) is 0.818. The molecule has 2 bridgehead atoms. The summed E-state index contributed by atoms with van der Waals surface area (Å²) in [7, 11) is 0. The molecule has 5 nitrogen and oxygen atoms in total. The van der Waals surface area contributed by atoms with Crippen LogP contribution < -0.4 is 16.2 Å². The number of fused-ring (bicyclic) bond motifs is 2. The van der Waals surface area contributed by atoms with Crippen LogP contribution in [0.15, 0.2) is 0 Å². The number of rotatable bonds is 2. The minimum Gasteiger partial charge on any atom is -0.374 e. The molecule has 0 saturated carbocycles. The zero-order valence-electron chi connectivity index (χ0n) is 10.2. The molecule has 2 heterocycles. The van der Waals surface area contributed by atoms with E-state index < -0.39 is 0 Å². The lowest BCUT2D eigenvalue weighted by Gasteiger charge is -2.19. The molecule has 0 spiro atoms. The van der Waals surface area contributed by atoms with Gasteiger partial charge >= 0.3 is 0 Å². The van der Waals surface area contributed by atoms with E-state index in [1.54, 1.807) is 0 Å². The molecule has 2 fully saturated rings. The van der Waals surface area contributed by atoms with E-state index in [1.807, 2.05) is 13.8 Å². The molecule has 96 valence electrons. The van der Waals surface area contributed by atoms with Gasteiger partial charge in [0.2, 0.25) is 5.91 Å². The van der Waals surface area contributed by atoms with Crippen molar-refractivity contribution in [1.29, 1.82) is 0 Å². The Morgan fingerprint density at radius 3 is 2.65 bits per heavy atom. The van der Waals surface area contributed by atoms with Gasteiger partial charge in [0, 0.05) is 6.04 Å². The molecular formula is C11H19N3O2S. The molecule has 2 saturated heterocycles. The van der Waals surface area contributed by atoms with Crippen LogP contribution in [-0.2, 0) is 9.53 Å². The highest BCUT2D eigenvalue weighted by Crippen LogP contribution is 2.38. The van der Waals surface area contributed by atoms with E-state index in [9.17, 15) is 4.79 Å². The van der Waals surface area contributed by atoms with Crippen LogP contribution in [0, 0.1) is 5.92 Å². The summed E-state index contributed by atoms with van der Waals surface area (Å²) >= 11 is 5.02. The van der Waals surface area contributed by atoms with E-state index in [-0.39, 0.29) is 30.1 Å². The van der Waals surface area contributed by atoms with Crippen molar-refractivity contribution in [3.63, 3.8) is 0 Å². The number of amides is 1. The van der Waals surface area contributed by atoms with Gasteiger partial charge in [-0.1, -0.05) is 0 Å². The van der Waals surface area contributed by atoms with Crippen LogP contribution in [0.5, 0.6) is 0 Å². The van der Waals surface area contributed by atoms with Crippen LogP contribution in [0.4, 0.5) is 0 Å². The average molecular weight is 257 g/mol. The van der Waals surface area contributed by atoms with Crippen LogP contribution in [0.25, 0.3) is 0 Å². The number of hydrazine groups is 1. The maximum atomic E-state index is 11.9. The first kappa shape index (κ1) is 12.6. The van der Waals surface area contributed by atoms with Gasteiger partial charge in [0.05, 0.1) is 18.1 Å². The van der Waals surface area contributed by atoms with E-state index in [1.165, 1.54) is 0 Å². The Kier molecular flexibility index (Phi) is 3.83. The third kappa shape index (κ3) is 3.07. The predicted molar refractivity (Wildman–Crippen MR) is 68.2 cm³/mol. The maximum Gasteiger partial charge on any atom is 0.244 e. The summed E-state index contributed by atoms with van der Waals surface area (Å²) in [5.41, 5.74) is 5.36. The summed E-state index contributed by atoms with van der Waals surface area (Å²) in [6, 6.07) is 0.248. The van der Waals surface area contributed by atoms with Crippen LogP contribution in [0.2, 0.25) is 0 Å². The molecule has 0 radical (unpaired) electrons. The Labute approximate surface area is 107 Å². The number of carbonyl (C=O) groups excluding carboxylic acids is 1. The summed E-state index contributed by atoms with van der Waals surface area (Å²) in [5.74, 6) is -0.0480. The molecule has 3 atom stereocenters. The zero-order valence-corrected chi connectivity index (χ0v) is 11.0. The molecule has 0 unspecified atom stereocenters. The molecule has 2 rings (SSSR count). The summed E-state index contributed by atoms with van der Waals surface area (Å²) in [6.45, 7) is 3.97. The van der Waals surface area contributed by atoms with Gasteiger partial charge in [0.15, 0.2) is 5.11 Å². The number of carbonyl (C=O) groups is 1. The number of thiocarbonyl (C=S) groups is 1. The average Bonchev–Trinajstić information content (AvgIpc) is 2.86. The van der Waals surface area contributed by atoms with E-state index in [2.05, 4.69) is 16.2 Å². The Hall–Kier alpha value is -0.880. The standard InChI is InChI=1S/C11H19N3O2S/c1-6(2)12-11(17)14-13-10(15)8-5-7-3-4-9(8)16-7/h6-9H,3-5H2,1-2H3,(H,13,15)(H2,12,14,17)/t7-,8-,9+/m0/s1. The maximum absolute atomic E-state index is 11.9. The quantitative estimate of drug-likeness (QED) is 0.495. The normalized spacial score (nSPS) is 30.4. The van der Waals surface area contributed by atoms with E-state index in [4.69, 9.17) is 17.0 Å². The van der Waals surface area contributed by atoms with Crippen LogP contribution in [-0.4, -0.2) is 29.3 Å². The second-order valence-corrected chi connectivity index (χ2v) is 5.37. The zero-order chi connectivity index (χ0) is 12.4. The van der Waals surface area contributed by atoms with Crippen molar-refractivity contribution in [2.24, 2.45) is 5.92 Å². The lowest BCUT2D eigenvalue weighted by Crippen LogP contribution is -2.51. The smallest absolute Gasteiger partial charge is 0.244 e. The van der Waals surface area contributed by atoms with E-state index >= 15 is 0 Å². The third-order valence-electron chi connectivity index (χ3n) is 3.16. The van der Waals surface area contributed by atoms with Gasteiger partial charge in [-0.2, -0.15) is 0 Å². The molecule has 2 aliphatic rings. The van der Waals surface area contributed by atoms with Gasteiger partial charge in [-0.3, -0.25) is 15.6 Å². The Morgan fingerprint density at radius 2 is 2.12 bits per heavy atom. The molecule has 17 heavy (non-hydrogen) atoms. The predicted octanol–water partition coefficient (Wildman–Crippen LogP) is 0.458. The highest BCUT2D eigenvalue weighted by atomic mass is 32.1. The summed E-state index contributed by atoms with van der Waals surface area (Å²) in [6.07, 6.45) is 3.32. The Bertz CT molecular complexity index is 322. The first-order valence-corrected chi connectivity index (χ1v) is 6.49. The van der Waals surface area contributed by atoms with E-state index in [0.717, 1.165) is 19.3 Å². The van der Waals surface area contributed by atoms with Crippen LogP contribution in [0.3, 0.4) is 0 Å². The SMILES string of the molecule is CC(C)NC(=S)NNC(=O)[C@H]1C[C@@H]2CC[C@H]1O2. The monoisotopic (exact) mass is 257 g/mol. The fourth-order valence-corrected chi connectivity index (χ4v) is 2.71. The number of nitrogens with one attached hydrogen (secondary N) is 3. The highest BCUT2D eigenvalue weighted by Gasteiger charge is 2.44. The van der Waals surface area contributed by atoms with Gasteiger partial charge < -0.3 is 10.1 Å². The van der Waals surface area contributed by atoms with Gasteiger partial charge in [-0.05, 0) is 45.3 Å². The van der Waals surface area contributed by atoms with Gasteiger partial charge in [-0.15, -0.1) is 0 Å². The Morgan fingerprint density at radius 1 is 1.35 bits per heavy atom. The topological polar surface area (TPSA) is 62.4 Å². The van der Waals surface area contributed by atoms with Crippen molar-refractivity contribution in [3.8, 4) is 0 Å². The Balaban J connectivity index is 1.73. The first-order valence-electron chi connectivity index (χ1n) is 6.08.